The number of carbonyl (C=O) groups excluding carboxylic acids is 3. The molecule has 2 heterocycles. The molecule has 2 atom stereocenters. The number of halogens is 1. The second-order valence-corrected chi connectivity index (χ2v) is 12.6. The van der Waals surface area contributed by atoms with E-state index in [0.717, 1.165) is 40.4 Å². The lowest BCUT2D eigenvalue weighted by Crippen LogP contribution is -2.53. The third kappa shape index (κ3) is 7.39. The van der Waals surface area contributed by atoms with Crippen molar-refractivity contribution in [1.82, 2.24) is 25.0 Å². The molecule has 5 rings (SSSR count). The molecule has 0 aliphatic carbocycles. The highest BCUT2D eigenvalue weighted by molar-refractivity contribution is 6.06. The molecule has 46 heavy (non-hydrogen) atoms. The number of benzene rings is 3. The molecular weight excluding hydrogens is 583 g/mol. The zero-order valence-electron chi connectivity index (χ0n) is 27.1. The van der Waals surface area contributed by atoms with Gasteiger partial charge in [0.2, 0.25) is 5.91 Å². The summed E-state index contributed by atoms with van der Waals surface area (Å²) in [5, 5.41) is 7.03. The van der Waals surface area contributed by atoms with Crippen molar-refractivity contribution < 1.29 is 18.8 Å². The van der Waals surface area contributed by atoms with Gasteiger partial charge in [-0.05, 0) is 79.9 Å². The van der Waals surface area contributed by atoms with Gasteiger partial charge in [-0.2, -0.15) is 0 Å². The molecule has 4 aromatic rings. The number of nitrogens with one attached hydrogen (secondary N) is 3. The first-order valence-electron chi connectivity index (χ1n) is 15.7. The van der Waals surface area contributed by atoms with Gasteiger partial charge in [0.25, 0.3) is 5.91 Å². The number of anilines is 1. The first kappa shape index (κ1) is 32.7. The predicted molar refractivity (Wildman–Crippen MR) is 179 cm³/mol. The topological polar surface area (TPSA) is 101 Å². The minimum atomic E-state index is -0.943. The highest BCUT2D eigenvalue weighted by Gasteiger charge is 2.33. The summed E-state index contributed by atoms with van der Waals surface area (Å²) in [5.74, 6) is -1.09. The van der Waals surface area contributed by atoms with E-state index >= 15 is 0 Å². The van der Waals surface area contributed by atoms with Crippen LogP contribution in [0.1, 0.15) is 58.6 Å². The Labute approximate surface area is 269 Å². The van der Waals surface area contributed by atoms with Crippen molar-refractivity contribution in [1.29, 1.82) is 0 Å². The molecule has 9 nitrogen and oxygen atoms in total. The summed E-state index contributed by atoms with van der Waals surface area (Å²) in [5.41, 5.74) is 4.60. The Balaban J connectivity index is 1.41. The summed E-state index contributed by atoms with van der Waals surface area (Å²) in [7, 11) is 7.24. The molecule has 3 aromatic carbocycles. The standard InChI is InChI=1S/C36H43FN6O3/c1-23(30-21-38-31-9-7-6-8-28(30)31)33(40-36(46)43-18-16-26(17-19-43)25-11-13-27(37)14-12-25)34(44)39-32-20-24(22-41(2)3)10-15-29(32)35(45)42(4)5/h6-15,20-21,23,26,33,38H,16-19,22H2,1-5H3,(H,39,44)(H,40,46)/t23-,33-/m1/s1. The summed E-state index contributed by atoms with van der Waals surface area (Å²) < 4.78 is 13.4. The second-order valence-electron chi connectivity index (χ2n) is 12.6. The lowest BCUT2D eigenvalue weighted by Gasteiger charge is -2.34. The minimum absolute atomic E-state index is 0.232. The molecule has 0 spiro atoms. The number of likely N-dealkylation sites (tertiary alicyclic amines) is 1. The zero-order valence-corrected chi connectivity index (χ0v) is 27.1. The molecule has 0 bridgehead atoms. The van der Waals surface area contributed by atoms with Crippen molar-refractivity contribution in [3.63, 3.8) is 0 Å². The Hall–Kier alpha value is -4.70. The van der Waals surface area contributed by atoms with E-state index in [1.807, 2.05) is 80.6 Å². The van der Waals surface area contributed by atoms with Gasteiger partial charge in [0.1, 0.15) is 11.9 Å². The van der Waals surface area contributed by atoms with E-state index in [1.165, 1.54) is 17.0 Å². The molecule has 0 unspecified atom stereocenters. The Morgan fingerprint density at radius 1 is 0.978 bits per heavy atom. The number of H-pyrrole nitrogens is 1. The number of hydrogen-bond donors (Lipinski definition) is 3. The van der Waals surface area contributed by atoms with E-state index in [0.29, 0.717) is 30.9 Å². The van der Waals surface area contributed by atoms with Crippen LogP contribution in [0.4, 0.5) is 14.9 Å². The number of amides is 4. The van der Waals surface area contributed by atoms with Crippen LogP contribution in [0.25, 0.3) is 10.9 Å². The van der Waals surface area contributed by atoms with Crippen molar-refractivity contribution in [2.75, 3.05) is 46.6 Å². The van der Waals surface area contributed by atoms with Crippen LogP contribution in [0.2, 0.25) is 0 Å². The molecule has 4 amide bonds. The molecule has 0 saturated carbocycles. The Morgan fingerprint density at radius 3 is 2.35 bits per heavy atom. The third-order valence-corrected chi connectivity index (χ3v) is 8.77. The van der Waals surface area contributed by atoms with Crippen LogP contribution in [0.15, 0.2) is 72.9 Å². The van der Waals surface area contributed by atoms with Crippen LogP contribution in [0.5, 0.6) is 0 Å². The van der Waals surface area contributed by atoms with Crippen LogP contribution in [0, 0.1) is 5.82 Å². The normalized spacial score (nSPS) is 15.1. The molecule has 1 aliphatic rings. The fourth-order valence-electron chi connectivity index (χ4n) is 6.24. The SMILES string of the molecule is C[C@H](c1c[nH]c2ccccc12)[C@@H](NC(=O)N1CCC(c2ccc(F)cc2)CC1)C(=O)Nc1cc(CN(C)C)ccc1C(=O)N(C)C. The van der Waals surface area contributed by atoms with Crippen molar-refractivity contribution in [3.05, 3.63) is 101 Å². The maximum absolute atomic E-state index is 14.2. The Morgan fingerprint density at radius 2 is 1.67 bits per heavy atom. The lowest BCUT2D eigenvalue weighted by atomic mass is 9.89. The predicted octanol–water partition coefficient (Wildman–Crippen LogP) is 5.77. The number of urea groups is 1. The molecule has 10 heteroatoms. The molecule has 3 N–H and O–H groups in total. The number of nitrogens with zero attached hydrogens (tertiary/aromatic N) is 3. The summed E-state index contributed by atoms with van der Waals surface area (Å²) in [6, 6.07) is 18.6. The van der Waals surface area contributed by atoms with E-state index in [9.17, 15) is 18.8 Å². The van der Waals surface area contributed by atoms with Gasteiger partial charge in [-0.3, -0.25) is 9.59 Å². The largest absolute Gasteiger partial charge is 0.361 e. The van der Waals surface area contributed by atoms with E-state index in [-0.39, 0.29) is 23.7 Å². The van der Waals surface area contributed by atoms with Crippen LogP contribution in [-0.2, 0) is 11.3 Å². The molecule has 0 radical (unpaired) electrons. The number of aromatic amines is 1. The molecule has 1 aliphatic heterocycles. The number of hydrogen-bond acceptors (Lipinski definition) is 4. The van der Waals surface area contributed by atoms with Crippen molar-refractivity contribution in [2.24, 2.45) is 0 Å². The average molecular weight is 627 g/mol. The Bertz CT molecular complexity index is 1690. The summed E-state index contributed by atoms with van der Waals surface area (Å²) in [6.07, 6.45) is 3.36. The van der Waals surface area contributed by atoms with Gasteiger partial charge in [-0.1, -0.05) is 43.3 Å². The summed E-state index contributed by atoms with van der Waals surface area (Å²) in [6.45, 7) is 3.57. The van der Waals surface area contributed by atoms with E-state index in [1.54, 1.807) is 25.1 Å². The number of para-hydroxylation sites is 1. The van der Waals surface area contributed by atoms with Gasteiger partial charge < -0.3 is 30.3 Å². The highest BCUT2D eigenvalue weighted by atomic mass is 19.1. The monoisotopic (exact) mass is 626 g/mol. The second kappa shape index (κ2) is 14.2. The number of aromatic nitrogens is 1. The first-order valence-corrected chi connectivity index (χ1v) is 15.7. The minimum Gasteiger partial charge on any atom is -0.361 e. The fraction of sp³-hybridized carbons (Fsp3) is 0.361. The number of carbonyl (C=O) groups is 3. The van der Waals surface area contributed by atoms with Gasteiger partial charge in [0.05, 0.1) is 11.3 Å². The van der Waals surface area contributed by atoms with Crippen LogP contribution in [0.3, 0.4) is 0 Å². The van der Waals surface area contributed by atoms with Crippen LogP contribution < -0.4 is 10.6 Å². The number of fused-ring (bicyclic) bond motifs is 1. The fourth-order valence-corrected chi connectivity index (χ4v) is 6.24. The summed E-state index contributed by atoms with van der Waals surface area (Å²) in [4.78, 5) is 49.6. The highest BCUT2D eigenvalue weighted by Crippen LogP contribution is 2.31. The molecule has 1 fully saturated rings. The van der Waals surface area contributed by atoms with Gasteiger partial charge in [-0.25, -0.2) is 9.18 Å². The average Bonchev–Trinajstić information content (AvgIpc) is 3.47. The quantitative estimate of drug-likeness (QED) is 0.220. The first-order chi connectivity index (χ1) is 22.0. The maximum atomic E-state index is 14.2. The van der Waals surface area contributed by atoms with E-state index in [2.05, 4.69) is 15.6 Å². The number of piperidine rings is 1. The van der Waals surface area contributed by atoms with Crippen molar-refractivity contribution in [3.8, 4) is 0 Å². The maximum Gasteiger partial charge on any atom is 0.318 e. The molecule has 1 saturated heterocycles. The lowest BCUT2D eigenvalue weighted by molar-refractivity contribution is -0.118. The number of rotatable bonds is 9. The molecular formula is C36H43FN6O3. The van der Waals surface area contributed by atoms with Gasteiger partial charge in [0, 0.05) is 56.7 Å². The van der Waals surface area contributed by atoms with Gasteiger partial charge in [0.15, 0.2) is 0 Å². The van der Waals surface area contributed by atoms with E-state index in [4.69, 9.17) is 0 Å². The van der Waals surface area contributed by atoms with Crippen LogP contribution >= 0.6 is 0 Å². The summed E-state index contributed by atoms with van der Waals surface area (Å²) >= 11 is 0. The Kier molecular flexibility index (Phi) is 10.1. The van der Waals surface area contributed by atoms with Gasteiger partial charge in [-0.15, -0.1) is 0 Å². The smallest absolute Gasteiger partial charge is 0.318 e. The zero-order chi connectivity index (χ0) is 33.0. The van der Waals surface area contributed by atoms with Crippen molar-refractivity contribution in [2.45, 2.75) is 44.2 Å². The molecule has 242 valence electrons. The van der Waals surface area contributed by atoms with Gasteiger partial charge >= 0.3 is 6.03 Å². The molecule has 1 aromatic heterocycles. The van der Waals surface area contributed by atoms with Crippen molar-refractivity contribution >= 4 is 34.4 Å². The van der Waals surface area contributed by atoms with Crippen LogP contribution in [-0.4, -0.2) is 84.9 Å². The van der Waals surface area contributed by atoms with E-state index < -0.39 is 17.9 Å². The third-order valence-electron chi connectivity index (χ3n) is 8.77.